The fraction of sp³-hybridized carbons (Fsp3) is 0.250. The van der Waals surface area contributed by atoms with Crippen LogP contribution in [0.1, 0.15) is 42.0 Å². The van der Waals surface area contributed by atoms with Crippen LogP contribution in [-0.2, 0) is 23.3 Å². The molecule has 0 atom stereocenters. The first-order valence-electron chi connectivity index (χ1n) is 12.1. The van der Waals surface area contributed by atoms with Gasteiger partial charge in [0.15, 0.2) is 0 Å². The van der Waals surface area contributed by atoms with Crippen LogP contribution in [0.25, 0.3) is 21.5 Å². The summed E-state index contributed by atoms with van der Waals surface area (Å²) in [5.74, 6) is 0.503. The molecule has 5 aromatic carbocycles. The number of fused-ring (bicyclic) bond motifs is 2. The Labute approximate surface area is 239 Å². The molecule has 0 unspecified atom stereocenters. The first-order chi connectivity index (χ1) is 16.6. The Kier molecular flexibility index (Phi) is 14.3. The number of hydrogen-bond acceptors (Lipinski definition) is 1. The maximum absolute atomic E-state index is 11.3. The van der Waals surface area contributed by atoms with E-state index in [1.165, 1.54) is 32.7 Å². The molecule has 4 heteroatoms. The van der Waals surface area contributed by atoms with E-state index >= 15 is 0 Å². The Bertz CT molecular complexity index is 1220. The standard InChI is InChI=1S/C10H14O.2C10H9.C2H6Si.ClH.Zr/c1-7(2)9-5-4-8(3)6-10(9)11;2*1-8-6-9-4-2-3-5-10(9)7-8;1-3-2;;/h4-7,11H,1-3H3;2*2-7H,1H3;1-2H3;1H;/q;2*-1;;;+2/p-2. The van der Waals surface area contributed by atoms with Crippen LogP contribution in [0.2, 0.25) is 13.1 Å². The molecule has 0 N–H and O–H groups in total. The number of aryl methyl sites for hydroxylation is 3. The topological polar surface area (TPSA) is 23.1 Å². The summed E-state index contributed by atoms with van der Waals surface area (Å²) < 4.78 is 0. The van der Waals surface area contributed by atoms with E-state index in [1.54, 1.807) is 29.4 Å². The fourth-order valence-electron chi connectivity index (χ4n) is 3.73. The molecule has 5 aromatic rings. The van der Waals surface area contributed by atoms with Gasteiger partial charge < -0.3 is 17.5 Å². The van der Waals surface area contributed by atoms with E-state index in [1.807, 2.05) is 32.9 Å². The molecule has 0 aromatic heterocycles. The molecular formula is C32H37ClOSiZr-2. The van der Waals surface area contributed by atoms with Crippen LogP contribution in [0.3, 0.4) is 0 Å². The minimum atomic E-state index is 0. The molecule has 0 aliphatic heterocycles. The minimum absolute atomic E-state index is 0. The second kappa shape index (κ2) is 16.0. The predicted molar refractivity (Wildman–Crippen MR) is 151 cm³/mol. The van der Waals surface area contributed by atoms with Crippen LogP contribution in [-0.4, -0.2) is 5.43 Å². The van der Waals surface area contributed by atoms with Gasteiger partial charge in [0, 0.05) is 0 Å². The molecule has 0 saturated carbocycles. The molecule has 36 heavy (non-hydrogen) atoms. The van der Waals surface area contributed by atoms with Gasteiger partial charge in [-0.05, 0) is 12.8 Å². The molecule has 0 aliphatic carbocycles. The van der Waals surface area contributed by atoms with Crippen LogP contribution in [0, 0.1) is 20.8 Å². The van der Waals surface area contributed by atoms with Crippen LogP contribution in [0.15, 0.2) is 91.0 Å². The first-order valence-corrected chi connectivity index (χ1v) is 18.3. The Morgan fingerprint density at radius 1 is 0.722 bits per heavy atom. The van der Waals surface area contributed by atoms with E-state index in [4.69, 9.17) is 0 Å². The third kappa shape index (κ3) is 11.0. The zero-order chi connectivity index (χ0) is 26.0. The molecule has 0 saturated heterocycles. The molecule has 0 heterocycles. The van der Waals surface area contributed by atoms with E-state index in [9.17, 15) is 5.11 Å². The van der Waals surface area contributed by atoms with E-state index < -0.39 is 0 Å². The number of hydrogen-bond donors (Lipinski definition) is 0. The molecule has 0 spiro atoms. The second-order valence-corrected chi connectivity index (χ2v) is 18.9. The van der Waals surface area contributed by atoms with Crippen LogP contribution >= 0.6 is 0 Å². The molecule has 0 radical (unpaired) electrons. The van der Waals surface area contributed by atoms with Gasteiger partial charge in [0.1, 0.15) is 0 Å². The monoisotopic (exact) mass is 590 g/mol. The summed E-state index contributed by atoms with van der Waals surface area (Å²) in [7, 11) is 0. The summed E-state index contributed by atoms with van der Waals surface area (Å²) in [6.45, 7) is 14.9. The van der Waals surface area contributed by atoms with Crippen molar-refractivity contribution < 1.29 is 40.8 Å². The van der Waals surface area contributed by atoms with Crippen molar-refractivity contribution in [3.8, 4) is 5.75 Å². The first kappa shape index (κ1) is 32.1. The normalized spacial score (nSPS) is 9.83. The Morgan fingerprint density at radius 3 is 1.50 bits per heavy atom. The van der Waals surface area contributed by atoms with E-state index in [2.05, 4.69) is 99.7 Å². The van der Waals surface area contributed by atoms with Crippen molar-refractivity contribution >= 4 is 27.0 Å². The molecule has 5 rings (SSSR count). The van der Waals surface area contributed by atoms with Crippen molar-refractivity contribution in [3.63, 3.8) is 0 Å². The third-order valence-electron chi connectivity index (χ3n) is 5.32. The van der Waals surface area contributed by atoms with Crippen LogP contribution in [0.5, 0.6) is 5.75 Å². The Hall–Kier alpha value is -1.93. The van der Waals surface area contributed by atoms with Crippen molar-refractivity contribution in [2.45, 2.75) is 53.6 Å². The summed E-state index contributed by atoms with van der Waals surface area (Å²) in [6.07, 6.45) is 0. The number of rotatable bonds is 1. The van der Waals surface area contributed by atoms with Gasteiger partial charge >= 0.3 is 41.9 Å². The molecule has 0 fully saturated rings. The third-order valence-corrected chi connectivity index (χ3v) is 5.32. The van der Waals surface area contributed by atoms with Crippen LogP contribution < -0.4 is 17.5 Å². The fourth-order valence-corrected chi connectivity index (χ4v) is 3.73. The molecule has 188 valence electrons. The molecule has 0 amide bonds. The van der Waals surface area contributed by atoms with E-state index in [0.717, 1.165) is 11.1 Å². The van der Waals surface area contributed by atoms with Gasteiger partial charge in [-0.15, -0.1) is 87.0 Å². The molecule has 0 aliphatic rings. The molecule has 1 nitrogen and oxygen atoms in total. The molecule has 0 bridgehead atoms. The van der Waals surface area contributed by atoms with E-state index in [0.29, 0.717) is 5.92 Å². The van der Waals surface area contributed by atoms with Crippen molar-refractivity contribution in [1.29, 1.82) is 0 Å². The maximum atomic E-state index is 11.3. The predicted octanol–water partition coefficient (Wildman–Crippen LogP) is 5.71. The number of benzene rings is 3. The zero-order valence-corrected chi connectivity index (χ0v) is 26.7. The summed E-state index contributed by atoms with van der Waals surface area (Å²) in [5.41, 5.74) is 4.86. The Balaban J connectivity index is 0.000000248. The van der Waals surface area contributed by atoms with Crippen LogP contribution in [0.4, 0.5) is 0 Å². The summed E-state index contributed by atoms with van der Waals surface area (Å²) >= 11 is 1.74. The SMILES string of the molecule is C[Si](C)=[Zr+2].Cc1cc2ccccc2[cH-]1.Cc1cc2ccccc2[cH-]1.Cc1ccc(C(C)C)c([O-])c1.[Cl-]. The largest absolute Gasteiger partial charge is 1.00 e. The average molecular weight is 592 g/mol. The van der Waals surface area contributed by atoms with Gasteiger partial charge in [0.05, 0.1) is 0 Å². The van der Waals surface area contributed by atoms with Crippen molar-refractivity contribution in [1.82, 2.24) is 0 Å². The molecular weight excluding hydrogens is 555 g/mol. The van der Waals surface area contributed by atoms with E-state index in [-0.39, 0.29) is 23.6 Å². The minimum Gasteiger partial charge on any atom is -1.00 e. The summed E-state index contributed by atoms with van der Waals surface area (Å²) in [6, 6.07) is 31.3. The number of halogens is 1. The Morgan fingerprint density at radius 2 is 1.14 bits per heavy atom. The van der Waals surface area contributed by atoms with Crippen molar-refractivity contribution in [3.05, 3.63) is 113 Å². The van der Waals surface area contributed by atoms with Gasteiger partial charge in [-0.2, -0.15) is 12.1 Å². The summed E-state index contributed by atoms with van der Waals surface area (Å²) in [5, 5.41) is 16.7. The maximum Gasteiger partial charge on any atom is -0.0225 e. The quantitative estimate of drug-likeness (QED) is 0.181. The zero-order valence-electron chi connectivity index (χ0n) is 22.5. The van der Waals surface area contributed by atoms with Crippen molar-refractivity contribution in [2.24, 2.45) is 0 Å². The smallest absolute Gasteiger partial charge is 0.0225 e. The van der Waals surface area contributed by atoms with Gasteiger partial charge in [-0.1, -0.05) is 69.2 Å². The average Bonchev–Trinajstić information content (AvgIpc) is 3.34. The van der Waals surface area contributed by atoms with Gasteiger partial charge in [-0.3, -0.25) is 0 Å². The van der Waals surface area contributed by atoms with Gasteiger partial charge in [0.25, 0.3) is 0 Å². The second-order valence-electron chi connectivity index (χ2n) is 9.52. The van der Waals surface area contributed by atoms with Crippen molar-refractivity contribution in [2.75, 3.05) is 0 Å². The summed E-state index contributed by atoms with van der Waals surface area (Å²) in [4.78, 5) is 0. The van der Waals surface area contributed by atoms with Gasteiger partial charge in [-0.25, -0.2) is 0 Å². The van der Waals surface area contributed by atoms with Gasteiger partial charge in [0.2, 0.25) is 0 Å².